The van der Waals surface area contributed by atoms with Gasteiger partial charge in [-0.25, -0.2) is 9.97 Å². The summed E-state index contributed by atoms with van der Waals surface area (Å²) in [7, 11) is 3.28. The predicted molar refractivity (Wildman–Crippen MR) is 128 cm³/mol. The summed E-state index contributed by atoms with van der Waals surface area (Å²) in [5.74, 6) is 2.01. The second-order valence-corrected chi connectivity index (χ2v) is 8.18. The van der Waals surface area contributed by atoms with Crippen molar-refractivity contribution in [3.8, 4) is 11.5 Å². The maximum atomic E-state index is 12.9. The summed E-state index contributed by atoms with van der Waals surface area (Å²) in [5.41, 5.74) is 2.88. The molecule has 0 radical (unpaired) electrons. The molecule has 0 bridgehead atoms. The van der Waals surface area contributed by atoms with Crippen molar-refractivity contribution in [3.05, 3.63) is 77.4 Å². The van der Waals surface area contributed by atoms with Gasteiger partial charge in [0.1, 0.15) is 17.3 Å². The Kier molecular flexibility index (Phi) is 7.19. The van der Waals surface area contributed by atoms with Gasteiger partial charge in [0, 0.05) is 18.3 Å². The Morgan fingerprint density at radius 1 is 1.06 bits per heavy atom. The summed E-state index contributed by atoms with van der Waals surface area (Å²) in [4.78, 5) is 24.7. The smallest absolute Gasteiger partial charge is 0.259 e. The molecule has 1 amide bonds. The van der Waals surface area contributed by atoms with Gasteiger partial charge in [0.05, 0.1) is 37.2 Å². The average molecular weight is 447 g/mol. The van der Waals surface area contributed by atoms with Crippen LogP contribution >= 0.6 is 0 Å². The van der Waals surface area contributed by atoms with Gasteiger partial charge in [-0.2, -0.15) is 0 Å². The number of hydrogen-bond acceptors (Lipinski definition) is 6. The largest absolute Gasteiger partial charge is 0.496 e. The number of nitrogens with zero attached hydrogens (tertiary/aromatic N) is 3. The van der Waals surface area contributed by atoms with E-state index in [2.05, 4.69) is 21.3 Å². The topological polar surface area (TPSA) is 76.6 Å². The molecule has 7 nitrogen and oxygen atoms in total. The number of likely N-dealkylation sites (tertiary alicyclic amines) is 1. The van der Waals surface area contributed by atoms with Gasteiger partial charge in [0.15, 0.2) is 0 Å². The zero-order valence-corrected chi connectivity index (χ0v) is 19.4. The Hall–Kier alpha value is -3.45. The summed E-state index contributed by atoms with van der Waals surface area (Å²) in [6.07, 6.45) is 4.90. The molecule has 0 aliphatic carbocycles. The van der Waals surface area contributed by atoms with Crippen molar-refractivity contribution in [1.82, 2.24) is 14.9 Å². The normalized spacial score (nSPS) is 16.3. The zero-order valence-electron chi connectivity index (χ0n) is 19.4. The molecule has 3 aromatic rings. The molecule has 1 saturated heterocycles. The summed E-state index contributed by atoms with van der Waals surface area (Å²) < 4.78 is 10.9. The number of methoxy groups -OCH3 is 2. The number of carbonyl (C=O) groups excluding carboxylic acids is 1. The molecule has 0 unspecified atom stereocenters. The molecule has 0 spiro atoms. The fourth-order valence-corrected chi connectivity index (χ4v) is 4.33. The molecule has 7 heteroatoms. The number of ether oxygens (including phenoxy) is 2. The van der Waals surface area contributed by atoms with E-state index >= 15 is 0 Å². The number of hydrogen-bond donors (Lipinski definition) is 1. The van der Waals surface area contributed by atoms with Gasteiger partial charge in [-0.3, -0.25) is 9.69 Å². The van der Waals surface area contributed by atoms with Crippen molar-refractivity contribution in [2.75, 3.05) is 26.1 Å². The Bertz CT molecular complexity index is 1120. The van der Waals surface area contributed by atoms with Crippen molar-refractivity contribution in [3.63, 3.8) is 0 Å². The lowest BCUT2D eigenvalue weighted by molar-refractivity contribution is 0.102. The summed E-state index contributed by atoms with van der Waals surface area (Å²) in [6.45, 7) is 3.60. The van der Waals surface area contributed by atoms with E-state index in [4.69, 9.17) is 14.5 Å². The van der Waals surface area contributed by atoms with E-state index in [1.54, 1.807) is 26.5 Å². The number of amides is 1. The lowest BCUT2D eigenvalue weighted by atomic mass is 10.00. The molecule has 1 aromatic heterocycles. The number of piperidine rings is 1. The molecular weight excluding hydrogens is 416 g/mol. The van der Waals surface area contributed by atoms with Crippen LogP contribution in [-0.4, -0.2) is 41.5 Å². The molecule has 1 atom stereocenters. The van der Waals surface area contributed by atoms with E-state index in [0.29, 0.717) is 22.7 Å². The predicted octanol–water partition coefficient (Wildman–Crippen LogP) is 4.78. The number of rotatable bonds is 7. The fourth-order valence-electron chi connectivity index (χ4n) is 4.33. The number of para-hydroxylation sites is 3. The molecule has 33 heavy (non-hydrogen) atoms. The first kappa shape index (κ1) is 22.7. The van der Waals surface area contributed by atoms with Gasteiger partial charge >= 0.3 is 0 Å². The van der Waals surface area contributed by atoms with Gasteiger partial charge in [-0.1, -0.05) is 36.8 Å². The maximum Gasteiger partial charge on any atom is 0.259 e. The molecule has 4 rings (SSSR count). The van der Waals surface area contributed by atoms with Crippen molar-refractivity contribution >= 4 is 11.6 Å². The first-order valence-electron chi connectivity index (χ1n) is 11.2. The summed E-state index contributed by atoms with van der Waals surface area (Å²) in [6, 6.07) is 15.5. The molecule has 2 heterocycles. The number of aromatic nitrogens is 2. The van der Waals surface area contributed by atoms with Gasteiger partial charge in [-0.15, -0.1) is 0 Å². The van der Waals surface area contributed by atoms with E-state index in [0.717, 1.165) is 49.5 Å². The van der Waals surface area contributed by atoms with Crippen molar-refractivity contribution < 1.29 is 14.3 Å². The molecule has 1 aliphatic heterocycles. The minimum absolute atomic E-state index is 0.105. The maximum absolute atomic E-state index is 12.9. The number of anilines is 1. The van der Waals surface area contributed by atoms with Crippen molar-refractivity contribution in [2.24, 2.45) is 0 Å². The molecule has 0 saturated carbocycles. The van der Waals surface area contributed by atoms with Crippen LogP contribution < -0.4 is 14.8 Å². The van der Waals surface area contributed by atoms with Crippen LogP contribution in [0.2, 0.25) is 0 Å². The van der Waals surface area contributed by atoms with E-state index in [1.807, 2.05) is 43.3 Å². The third kappa shape index (κ3) is 5.14. The van der Waals surface area contributed by atoms with E-state index < -0.39 is 0 Å². The van der Waals surface area contributed by atoms with Crippen LogP contribution in [0.15, 0.2) is 54.7 Å². The first-order valence-corrected chi connectivity index (χ1v) is 11.2. The van der Waals surface area contributed by atoms with Crippen molar-refractivity contribution in [1.29, 1.82) is 0 Å². The number of benzene rings is 2. The number of aryl methyl sites for hydroxylation is 1. The Labute approximate surface area is 194 Å². The number of nitrogens with one attached hydrogen (secondary N) is 1. The minimum Gasteiger partial charge on any atom is -0.496 e. The molecular formula is C26H30N4O3. The molecule has 172 valence electrons. The van der Waals surface area contributed by atoms with Crippen LogP contribution in [0.5, 0.6) is 11.5 Å². The first-order chi connectivity index (χ1) is 16.1. The number of carbonyl (C=O) groups is 1. The van der Waals surface area contributed by atoms with Crippen LogP contribution in [0, 0.1) is 6.92 Å². The monoisotopic (exact) mass is 446 g/mol. The Morgan fingerprint density at radius 2 is 1.79 bits per heavy atom. The van der Waals surface area contributed by atoms with Gasteiger partial charge in [-0.05, 0) is 44.5 Å². The third-order valence-electron chi connectivity index (χ3n) is 6.08. The molecule has 2 aromatic carbocycles. The van der Waals surface area contributed by atoms with Crippen LogP contribution in [-0.2, 0) is 6.54 Å². The molecule has 1 N–H and O–H groups in total. The highest BCUT2D eigenvalue weighted by Gasteiger charge is 2.28. The molecule has 1 aliphatic rings. The van der Waals surface area contributed by atoms with Gasteiger partial charge < -0.3 is 14.8 Å². The molecule has 1 fully saturated rings. The summed E-state index contributed by atoms with van der Waals surface area (Å²) >= 11 is 0. The summed E-state index contributed by atoms with van der Waals surface area (Å²) in [5, 5.41) is 2.90. The lowest BCUT2D eigenvalue weighted by Gasteiger charge is -2.35. The highest BCUT2D eigenvalue weighted by Crippen LogP contribution is 2.32. The Morgan fingerprint density at radius 3 is 2.55 bits per heavy atom. The van der Waals surface area contributed by atoms with E-state index in [-0.39, 0.29) is 11.9 Å². The minimum atomic E-state index is -0.252. The lowest BCUT2D eigenvalue weighted by Crippen LogP contribution is -2.34. The Balaban J connectivity index is 1.53. The zero-order chi connectivity index (χ0) is 23.2. The highest BCUT2D eigenvalue weighted by atomic mass is 16.5. The SMILES string of the molecule is COc1ccccc1CN1CCCC[C@@H]1c1ncc(C(=O)Nc2ccccc2OC)c(C)n1. The van der Waals surface area contributed by atoms with Crippen LogP contribution in [0.1, 0.15) is 52.7 Å². The van der Waals surface area contributed by atoms with E-state index in [9.17, 15) is 4.79 Å². The second-order valence-electron chi connectivity index (χ2n) is 8.18. The standard InChI is InChI=1S/C26H30N4O3/c1-18-20(26(31)29-21-11-5-7-14-24(21)33-3)16-27-25(28-18)22-12-8-9-15-30(22)17-19-10-4-6-13-23(19)32-2/h4-7,10-11,13-14,16,22H,8-9,12,15,17H2,1-3H3,(H,29,31)/t22-/m1/s1. The van der Waals surface area contributed by atoms with Crippen molar-refractivity contribution in [2.45, 2.75) is 38.8 Å². The van der Waals surface area contributed by atoms with Crippen LogP contribution in [0.3, 0.4) is 0 Å². The van der Waals surface area contributed by atoms with Gasteiger partial charge in [0.25, 0.3) is 5.91 Å². The van der Waals surface area contributed by atoms with Crippen LogP contribution in [0.4, 0.5) is 5.69 Å². The second kappa shape index (κ2) is 10.4. The fraction of sp³-hybridized carbons (Fsp3) is 0.346. The average Bonchev–Trinajstić information content (AvgIpc) is 2.85. The van der Waals surface area contributed by atoms with Gasteiger partial charge in [0.2, 0.25) is 0 Å². The quantitative estimate of drug-likeness (QED) is 0.563. The third-order valence-corrected chi connectivity index (χ3v) is 6.08. The highest BCUT2D eigenvalue weighted by molar-refractivity contribution is 6.05. The van der Waals surface area contributed by atoms with E-state index in [1.165, 1.54) is 0 Å². The van der Waals surface area contributed by atoms with Crippen LogP contribution in [0.25, 0.3) is 0 Å².